The number of halogens is 1. The molecule has 2 bridgehead atoms. The molecule has 3 fully saturated rings. The van der Waals surface area contributed by atoms with E-state index in [1.165, 1.54) is 38.2 Å². The Morgan fingerprint density at radius 3 is 2.55 bits per heavy atom. The van der Waals surface area contributed by atoms with E-state index in [0.717, 1.165) is 50.8 Å². The Hall–Kier alpha value is -2.82. The molecular weight excluding hydrogens is 387 g/mol. The summed E-state index contributed by atoms with van der Waals surface area (Å²) in [6.45, 7) is 5.95. The molecule has 1 aromatic heterocycles. The van der Waals surface area contributed by atoms with Crippen LogP contribution in [0.4, 0.5) is 10.2 Å². The van der Waals surface area contributed by atoms with Crippen LogP contribution in [-0.4, -0.2) is 22.2 Å². The Morgan fingerprint density at radius 2 is 1.81 bits per heavy atom. The lowest BCUT2D eigenvalue weighted by Crippen LogP contribution is -2.40. The number of aliphatic imine (C=N–C) groups is 1. The number of anilines is 1. The second kappa shape index (κ2) is 8.03. The molecule has 2 aromatic rings. The van der Waals surface area contributed by atoms with Gasteiger partial charge in [-0.15, -0.1) is 0 Å². The average molecular weight is 417 g/mol. The number of benzene rings is 1. The first-order chi connectivity index (χ1) is 15.0. The summed E-state index contributed by atoms with van der Waals surface area (Å²) in [5, 5.41) is 4.85. The summed E-state index contributed by atoms with van der Waals surface area (Å²) in [6.07, 6.45) is 11.5. The van der Waals surface area contributed by atoms with Gasteiger partial charge in [-0.2, -0.15) is 4.39 Å². The highest BCUT2D eigenvalue weighted by molar-refractivity contribution is 6.11. The average Bonchev–Trinajstić information content (AvgIpc) is 2.74. The molecule has 4 nitrogen and oxygen atoms in total. The van der Waals surface area contributed by atoms with E-state index in [1.807, 2.05) is 19.9 Å². The number of nitrogens with zero attached hydrogens (tertiary/aromatic N) is 3. The Labute approximate surface area is 183 Å². The minimum Gasteiger partial charge on any atom is -0.366 e. The minimum atomic E-state index is -0.507. The van der Waals surface area contributed by atoms with E-state index in [2.05, 4.69) is 35.4 Å². The van der Waals surface area contributed by atoms with Crippen LogP contribution in [0.5, 0.6) is 0 Å². The van der Waals surface area contributed by atoms with Gasteiger partial charge in [0.1, 0.15) is 5.82 Å². The maximum Gasteiger partial charge on any atom is 0.213 e. The summed E-state index contributed by atoms with van der Waals surface area (Å²) >= 11 is 0. The third-order valence-electron chi connectivity index (χ3n) is 7.07. The molecule has 5 heteroatoms. The summed E-state index contributed by atoms with van der Waals surface area (Å²) in [4.78, 5) is 13.9. The van der Waals surface area contributed by atoms with Gasteiger partial charge in [-0.3, -0.25) is 0 Å². The second-order valence-corrected chi connectivity index (χ2v) is 9.34. The van der Waals surface area contributed by atoms with E-state index in [1.54, 1.807) is 6.21 Å². The quantitative estimate of drug-likeness (QED) is 0.578. The lowest BCUT2D eigenvalue weighted by atomic mass is 9.68. The normalized spacial score (nSPS) is 30.9. The fourth-order valence-electron chi connectivity index (χ4n) is 5.40. The zero-order valence-electron chi connectivity index (χ0n) is 18.5. The standard InChI is InChI=1S/C26H29FN4/c1-15-11-17(3)21(14-28-23(27)12-15)26-30-24-16(2)5-4-6-20(24)25(31-26)29-22-13-18-7-9-19(22)10-8-18/h4-6,11-12,14,18-19,22H,7-10,13H2,1-3H3,(H,29,30,31)/b15-11-,15-12?,17-11?,21-14?,21-17-,23-12?,28-14-,28-23?. The van der Waals surface area contributed by atoms with E-state index in [0.29, 0.717) is 11.9 Å². The maximum atomic E-state index is 14.0. The largest absolute Gasteiger partial charge is 0.366 e. The zero-order chi connectivity index (χ0) is 21.5. The number of aromatic nitrogens is 2. The molecule has 3 saturated carbocycles. The van der Waals surface area contributed by atoms with Crippen LogP contribution in [-0.2, 0) is 0 Å². The van der Waals surface area contributed by atoms with Crippen LogP contribution in [0.2, 0.25) is 0 Å². The number of hydrogen-bond acceptors (Lipinski definition) is 4. The first kappa shape index (κ1) is 20.1. The van der Waals surface area contributed by atoms with Crippen LogP contribution in [0.15, 0.2) is 52.4 Å². The number of allylic oxidation sites excluding steroid dienone is 5. The number of fused-ring (bicyclic) bond motifs is 4. The third-order valence-corrected chi connectivity index (χ3v) is 7.07. The van der Waals surface area contributed by atoms with Crippen molar-refractivity contribution in [1.29, 1.82) is 0 Å². The highest BCUT2D eigenvalue weighted by Gasteiger charge is 2.36. The molecule has 0 amide bonds. The molecule has 4 aliphatic rings. The van der Waals surface area contributed by atoms with Gasteiger partial charge in [-0.1, -0.05) is 31.1 Å². The number of aryl methyl sites for hydroxylation is 1. The van der Waals surface area contributed by atoms with Crippen LogP contribution < -0.4 is 5.32 Å². The molecule has 31 heavy (non-hydrogen) atoms. The lowest BCUT2D eigenvalue weighted by molar-refractivity contribution is 0.157. The van der Waals surface area contributed by atoms with Crippen molar-refractivity contribution in [3.63, 3.8) is 0 Å². The predicted octanol–water partition coefficient (Wildman–Crippen LogP) is 6.54. The first-order valence-corrected chi connectivity index (χ1v) is 11.3. The SMILES string of the molecule is C/C1=C/C(C)=C(c2nc(NC3CC4CCC3CC4)c3cccc(C)c3n2)/C=N\C(F)=C1. The van der Waals surface area contributed by atoms with E-state index in [9.17, 15) is 4.39 Å². The van der Waals surface area contributed by atoms with Crippen molar-refractivity contribution in [2.45, 2.75) is 58.9 Å². The van der Waals surface area contributed by atoms with Crippen LogP contribution >= 0.6 is 0 Å². The number of para-hydroxylation sites is 1. The Kier molecular flexibility index (Phi) is 5.20. The highest BCUT2D eigenvalue weighted by Crippen LogP contribution is 2.43. The number of hydrogen-bond donors (Lipinski definition) is 1. The van der Waals surface area contributed by atoms with Crippen molar-refractivity contribution in [2.24, 2.45) is 16.8 Å². The summed E-state index contributed by atoms with van der Waals surface area (Å²) in [7, 11) is 0. The van der Waals surface area contributed by atoms with Crippen molar-refractivity contribution >= 4 is 28.5 Å². The Bertz CT molecular complexity index is 1150. The molecule has 1 aromatic carbocycles. The van der Waals surface area contributed by atoms with Crippen LogP contribution in [0, 0.1) is 18.8 Å². The van der Waals surface area contributed by atoms with Gasteiger partial charge < -0.3 is 5.32 Å². The molecule has 1 N–H and O–H groups in total. The van der Waals surface area contributed by atoms with E-state index >= 15 is 0 Å². The molecule has 0 saturated heterocycles. The Morgan fingerprint density at radius 1 is 1.00 bits per heavy atom. The van der Waals surface area contributed by atoms with Gasteiger partial charge >= 0.3 is 0 Å². The monoisotopic (exact) mass is 416 g/mol. The summed E-state index contributed by atoms with van der Waals surface area (Å²) in [6, 6.07) is 6.69. The fourth-order valence-corrected chi connectivity index (χ4v) is 5.40. The van der Waals surface area contributed by atoms with Crippen LogP contribution in [0.3, 0.4) is 0 Å². The van der Waals surface area contributed by atoms with Crippen molar-refractivity contribution < 1.29 is 4.39 Å². The molecule has 1 unspecified atom stereocenters. The van der Waals surface area contributed by atoms with Gasteiger partial charge in [0.25, 0.3) is 0 Å². The fraction of sp³-hybridized carbons (Fsp3) is 0.423. The molecule has 2 heterocycles. The maximum absolute atomic E-state index is 14.0. The highest BCUT2D eigenvalue weighted by atomic mass is 19.1. The van der Waals surface area contributed by atoms with Gasteiger partial charge in [0.15, 0.2) is 5.82 Å². The molecule has 6 rings (SSSR count). The third kappa shape index (κ3) is 3.93. The van der Waals surface area contributed by atoms with Crippen molar-refractivity contribution in [2.75, 3.05) is 5.32 Å². The number of nitrogens with one attached hydrogen (secondary N) is 1. The van der Waals surface area contributed by atoms with Crippen molar-refractivity contribution in [1.82, 2.24) is 9.97 Å². The molecule has 0 spiro atoms. The van der Waals surface area contributed by atoms with E-state index in [-0.39, 0.29) is 0 Å². The topological polar surface area (TPSA) is 50.2 Å². The summed E-state index contributed by atoms with van der Waals surface area (Å²) in [5.41, 5.74) is 4.58. The van der Waals surface area contributed by atoms with Crippen LogP contribution in [0.1, 0.15) is 57.3 Å². The Balaban J connectivity index is 1.62. The molecule has 3 aliphatic carbocycles. The van der Waals surface area contributed by atoms with E-state index in [4.69, 9.17) is 9.97 Å². The van der Waals surface area contributed by atoms with Crippen molar-refractivity contribution in [3.05, 3.63) is 58.8 Å². The number of rotatable bonds is 3. The van der Waals surface area contributed by atoms with Gasteiger partial charge in [0.2, 0.25) is 5.95 Å². The summed E-state index contributed by atoms with van der Waals surface area (Å²) in [5.74, 6) is 2.52. The smallest absolute Gasteiger partial charge is 0.213 e. The second-order valence-electron chi connectivity index (χ2n) is 9.34. The molecule has 0 radical (unpaired) electrons. The molecule has 160 valence electrons. The first-order valence-electron chi connectivity index (χ1n) is 11.3. The van der Waals surface area contributed by atoms with E-state index < -0.39 is 5.95 Å². The van der Waals surface area contributed by atoms with Gasteiger partial charge in [0.05, 0.1) is 5.52 Å². The van der Waals surface area contributed by atoms with Gasteiger partial charge in [0, 0.05) is 23.2 Å². The zero-order valence-corrected chi connectivity index (χ0v) is 18.5. The van der Waals surface area contributed by atoms with Crippen molar-refractivity contribution in [3.8, 4) is 0 Å². The molecule has 1 atom stereocenters. The summed E-state index contributed by atoms with van der Waals surface area (Å²) < 4.78 is 14.0. The molecular formula is C26H29FN4. The minimum absolute atomic E-state index is 0.461. The molecule has 1 aliphatic heterocycles. The van der Waals surface area contributed by atoms with Gasteiger partial charge in [-0.25, -0.2) is 15.0 Å². The predicted molar refractivity (Wildman–Crippen MR) is 126 cm³/mol. The lowest BCUT2D eigenvalue weighted by Gasteiger charge is -2.43. The van der Waals surface area contributed by atoms with Gasteiger partial charge in [-0.05, 0) is 80.7 Å². The van der Waals surface area contributed by atoms with Crippen LogP contribution in [0.25, 0.3) is 16.5 Å².